The molecule has 4 rings (SSSR count). The number of Topliss-reactive ketones (excluding diaryl/α,β-unsaturated/α-hetero) is 1. The van der Waals surface area contributed by atoms with Gasteiger partial charge in [-0.15, -0.1) is 0 Å². The van der Waals surface area contributed by atoms with E-state index in [1.54, 1.807) is 18.2 Å². The first kappa shape index (κ1) is 20.8. The van der Waals surface area contributed by atoms with E-state index in [1.807, 2.05) is 0 Å². The molecule has 0 aliphatic heterocycles. The third-order valence-electron chi connectivity index (χ3n) is 5.39. The second-order valence-corrected chi connectivity index (χ2v) is 7.50. The van der Waals surface area contributed by atoms with Crippen molar-refractivity contribution >= 4 is 17.3 Å². The van der Waals surface area contributed by atoms with Crippen molar-refractivity contribution in [1.29, 1.82) is 0 Å². The van der Waals surface area contributed by atoms with Gasteiger partial charge in [-0.1, -0.05) is 36.8 Å². The van der Waals surface area contributed by atoms with Gasteiger partial charge in [-0.3, -0.25) is 19.5 Å². The van der Waals surface area contributed by atoms with Crippen molar-refractivity contribution in [1.82, 2.24) is 19.9 Å². The number of fused-ring (bicyclic) bond motifs is 1. The number of H-pyrrole nitrogens is 1. The number of aryl methyl sites for hydroxylation is 1. The summed E-state index contributed by atoms with van der Waals surface area (Å²) in [5.41, 5.74) is -2.79. The van der Waals surface area contributed by atoms with Crippen molar-refractivity contribution in [3.05, 3.63) is 57.6 Å². The molecule has 162 valence electrons. The van der Waals surface area contributed by atoms with Crippen LogP contribution in [0.25, 0.3) is 16.8 Å². The zero-order valence-electron chi connectivity index (χ0n) is 16.5. The predicted molar refractivity (Wildman–Crippen MR) is 106 cm³/mol. The molecule has 10 heteroatoms. The second-order valence-electron chi connectivity index (χ2n) is 7.50. The maximum absolute atomic E-state index is 13.7. The number of ketones is 1. The van der Waals surface area contributed by atoms with E-state index in [4.69, 9.17) is 0 Å². The molecule has 1 saturated carbocycles. The van der Waals surface area contributed by atoms with Crippen molar-refractivity contribution in [2.24, 2.45) is 0 Å². The Hall–Kier alpha value is -3.43. The number of hydrogen-bond acceptors (Lipinski definition) is 4. The molecule has 0 radical (unpaired) electrons. The Bertz CT molecular complexity index is 1230. The Morgan fingerprint density at radius 1 is 1.19 bits per heavy atom. The molecule has 7 nitrogen and oxygen atoms in total. The van der Waals surface area contributed by atoms with Crippen LogP contribution < -0.4 is 10.9 Å². The molecule has 1 atom stereocenters. The Kier molecular flexibility index (Phi) is 5.16. The molecule has 1 aromatic carbocycles. The van der Waals surface area contributed by atoms with Crippen molar-refractivity contribution in [2.75, 3.05) is 0 Å². The highest BCUT2D eigenvalue weighted by Crippen LogP contribution is 2.38. The van der Waals surface area contributed by atoms with Crippen LogP contribution in [0.4, 0.5) is 13.2 Å². The van der Waals surface area contributed by atoms with Gasteiger partial charge in [-0.2, -0.15) is 17.7 Å². The molecular formula is C21H19F3N4O3. The van der Waals surface area contributed by atoms with Crippen LogP contribution in [0.2, 0.25) is 0 Å². The fourth-order valence-electron chi connectivity index (χ4n) is 3.89. The SMILES string of the molecule is Cc1nc2c(-c3ccccc3)c(C(F)(F)F)[nH]n2c(=O)c1C(=O)NC1CCCCC1=O. The number of aromatic nitrogens is 3. The van der Waals surface area contributed by atoms with E-state index in [2.05, 4.69) is 15.4 Å². The summed E-state index contributed by atoms with van der Waals surface area (Å²) in [6, 6.07) is 7.06. The minimum Gasteiger partial charge on any atom is -0.342 e. The lowest BCUT2D eigenvalue weighted by Crippen LogP contribution is -2.44. The van der Waals surface area contributed by atoms with Gasteiger partial charge in [-0.05, 0) is 25.3 Å². The van der Waals surface area contributed by atoms with Crippen molar-refractivity contribution in [3.8, 4) is 11.1 Å². The number of aromatic amines is 1. The molecule has 1 fully saturated rings. The second kappa shape index (κ2) is 7.68. The monoisotopic (exact) mass is 432 g/mol. The van der Waals surface area contributed by atoms with Crippen LogP contribution in [0.5, 0.6) is 0 Å². The van der Waals surface area contributed by atoms with Gasteiger partial charge in [0.2, 0.25) is 0 Å². The van der Waals surface area contributed by atoms with Crippen LogP contribution in [0.15, 0.2) is 35.1 Å². The number of alkyl halides is 3. The van der Waals surface area contributed by atoms with Crippen molar-refractivity contribution in [3.63, 3.8) is 0 Å². The standard InChI is InChI=1S/C21H19F3N4O3/c1-11-15(19(30)26-13-9-5-6-10-14(13)29)20(31)28-18(25-11)16(12-7-3-2-4-8-12)17(27-28)21(22,23)24/h2-4,7-8,13,27H,5-6,9-10H2,1H3,(H,26,30). The molecule has 0 bridgehead atoms. The Morgan fingerprint density at radius 3 is 2.55 bits per heavy atom. The van der Waals surface area contributed by atoms with Gasteiger partial charge < -0.3 is 5.32 Å². The Balaban J connectivity index is 1.87. The first-order chi connectivity index (χ1) is 14.7. The van der Waals surface area contributed by atoms with Gasteiger partial charge in [-0.25, -0.2) is 4.98 Å². The highest BCUT2D eigenvalue weighted by atomic mass is 19.4. The number of nitrogens with one attached hydrogen (secondary N) is 2. The van der Waals surface area contributed by atoms with Crippen LogP contribution >= 0.6 is 0 Å². The maximum atomic E-state index is 13.7. The lowest BCUT2D eigenvalue weighted by atomic mass is 9.94. The molecule has 31 heavy (non-hydrogen) atoms. The highest BCUT2D eigenvalue weighted by molar-refractivity contribution is 5.99. The molecule has 1 unspecified atom stereocenters. The fraction of sp³-hybridized carbons (Fsp3) is 0.333. The van der Waals surface area contributed by atoms with E-state index in [1.165, 1.54) is 19.1 Å². The van der Waals surface area contributed by atoms with E-state index in [9.17, 15) is 27.6 Å². The van der Waals surface area contributed by atoms with Crippen LogP contribution in [-0.2, 0) is 11.0 Å². The smallest absolute Gasteiger partial charge is 0.342 e. The first-order valence-corrected chi connectivity index (χ1v) is 9.80. The summed E-state index contributed by atoms with van der Waals surface area (Å²) < 4.78 is 41.8. The van der Waals surface area contributed by atoms with E-state index < -0.39 is 34.9 Å². The summed E-state index contributed by atoms with van der Waals surface area (Å²) in [6.07, 6.45) is -2.48. The molecule has 1 aliphatic carbocycles. The lowest BCUT2D eigenvalue weighted by Gasteiger charge is -2.21. The number of amides is 1. The minimum absolute atomic E-state index is 0.0179. The van der Waals surface area contributed by atoms with Crippen LogP contribution in [0, 0.1) is 6.92 Å². The minimum atomic E-state index is -4.78. The molecule has 3 aromatic rings. The summed E-state index contributed by atoms with van der Waals surface area (Å²) in [7, 11) is 0. The zero-order valence-corrected chi connectivity index (χ0v) is 16.5. The molecule has 1 aliphatic rings. The van der Waals surface area contributed by atoms with Gasteiger partial charge in [0.1, 0.15) is 11.3 Å². The summed E-state index contributed by atoms with van der Waals surface area (Å²) in [5, 5.41) is 4.61. The number of nitrogens with zero attached hydrogens (tertiary/aromatic N) is 2. The molecule has 2 aromatic heterocycles. The van der Waals surface area contributed by atoms with E-state index in [-0.39, 0.29) is 28.3 Å². The Labute approximate surface area is 174 Å². The van der Waals surface area contributed by atoms with Gasteiger partial charge in [0, 0.05) is 6.42 Å². The highest BCUT2D eigenvalue weighted by Gasteiger charge is 2.38. The fourth-order valence-corrected chi connectivity index (χ4v) is 3.89. The number of carbonyl (C=O) groups is 2. The van der Waals surface area contributed by atoms with Gasteiger partial charge in [0.25, 0.3) is 11.5 Å². The number of hydrogen-bond donors (Lipinski definition) is 2. The van der Waals surface area contributed by atoms with Gasteiger partial charge >= 0.3 is 6.18 Å². The number of benzene rings is 1. The maximum Gasteiger partial charge on any atom is 0.433 e. The lowest BCUT2D eigenvalue weighted by molar-refractivity contribution is -0.140. The van der Waals surface area contributed by atoms with E-state index in [0.29, 0.717) is 17.4 Å². The number of carbonyl (C=O) groups excluding carboxylic acids is 2. The van der Waals surface area contributed by atoms with Crippen LogP contribution in [0.3, 0.4) is 0 Å². The first-order valence-electron chi connectivity index (χ1n) is 9.80. The van der Waals surface area contributed by atoms with Crippen molar-refractivity contribution in [2.45, 2.75) is 44.8 Å². The van der Waals surface area contributed by atoms with Gasteiger partial charge in [0.05, 0.1) is 17.3 Å². The van der Waals surface area contributed by atoms with Crippen LogP contribution in [-0.4, -0.2) is 32.3 Å². The van der Waals surface area contributed by atoms with E-state index in [0.717, 1.165) is 12.8 Å². The average Bonchev–Trinajstić information content (AvgIpc) is 3.10. The molecule has 0 saturated heterocycles. The molecule has 1 amide bonds. The number of rotatable bonds is 3. The van der Waals surface area contributed by atoms with E-state index >= 15 is 0 Å². The third-order valence-corrected chi connectivity index (χ3v) is 5.39. The quantitative estimate of drug-likeness (QED) is 0.664. The van der Waals surface area contributed by atoms with Gasteiger partial charge in [0.15, 0.2) is 11.4 Å². The Morgan fingerprint density at radius 2 is 1.90 bits per heavy atom. The molecule has 0 spiro atoms. The largest absolute Gasteiger partial charge is 0.433 e. The average molecular weight is 432 g/mol. The molecular weight excluding hydrogens is 413 g/mol. The predicted octanol–water partition coefficient (Wildman–Crippen LogP) is 3.26. The normalized spacial score (nSPS) is 17.2. The summed E-state index contributed by atoms with van der Waals surface area (Å²) in [4.78, 5) is 41.9. The summed E-state index contributed by atoms with van der Waals surface area (Å²) in [5.74, 6) is -0.953. The summed E-state index contributed by atoms with van der Waals surface area (Å²) >= 11 is 0. The third kappa shape index (κ3) is 3.73. The number of halogens is 3. The zero-order chi connectivity index (χ0) is 22.3. The summed E-state index contributed by atoms with van der Waals surface area (Å²) in [6.45, 7) is 1.38. The topological polar surface area (TPSA) is 96.3 Å². The molecule has 2 heterocycles. The van der Waals surface area contributed by atoms with Crippen LogP contribution in [0.1, 0.15) is 47.4 Å². The molecule has 2 N–H and O–H groups in total. The van der Waals surface area contributed by atoms with Crippen molar-refractivity contribution < 1.29 is 22.8 Å².